The normalized spacial score (nSPS) is 19.5. The molecule has 1 N–H and O–H groups in total. The number of rotatable bonds is 4. The lowest BCUT2D eigenvalue weighted by molar-refractivity contribution is 0.207. The van der Waals surface area contributed by atoms with Crippen molar-refractivity contribution >= 4 is 11.3 Å². The van der Waals surface area contributed by atoms with Gasteiger partial charge in [-0.05, 0) is 32.1 Å². The Balaban J connectivity index is 1.81. The number of thiazole rings is 1. The lowest BCUT2D eigenvalue weighted by Gasteiger charge is -2.33. The molecule has 0 saturated heterocycles. The summed E-state index contributed by atoms with van der Waals surface area (Å²) in [5.74, 6) is 0. The highest BCUT2D eigenvalue weighted by Crippen LogP contribution is 2.35. The van der Waals surface area contributed by atoms with Gasteiger partial charge in [-0.15, -0.1) is 11.3 Å². The van der Waals surface area contributed by atoms with Crippen molar-refractivity contribution in [2.75, 3.05) is 6.54 Å². The Kier molecular flexibility index (Phi) is 4.21. The van der Waals surface area contributed by atoms with Crippen molar-refractivity contribution in [3.05, 3.63) is 15.6 Å². The van der Waals surface area contributed by atoms with E-state index in [1.165, 1.54) is 47.7 Å². The van der Waals surface area contributed by atoms with E-state index < -0.39 is 0 Å². The van der Waals surface area contributed by atoms with Crippen molar-refractivity contribution in [1.29, 1.82) is 0 Å². The number of nitrogens with zero attached hydrogens (tertiary/aromatic N) is 1. The standard InChI is InChI=1S/C14H24N2S/c1-11-13(17-12(2)16-11)9-15-10-14(3)7-5-4-6-8-14/h15H,4-10H2,1-3H3. The van der Waals surface area contributed by atoms with E-state index in [0.29, 0.717) is 5.41 Å². The average molecular weight is 252 g/mol. The van der Waals surface area contributed by atoms with Crippen molar-refractivity contribution in [2.24, 2.45) is 5.41 Å². The molecule has 0 aromatic carbocycles. The Bertz CT molecular complexity index is 364. The van der Waals surface area contributed by atoms with E-state index in [9.17, 15) is 0 Å². The van der Waals surface area contributed by atoms with Gasteiger partial charge in [-0.2, -0.15) is 0 Å². The van der Waals surface area contributed by atoms with Gasteiger partial charge in [-0.1, -0.05) is 26.2 Å². The van der Waals surface area contributed by atoms with E-state index in [2.05, 4.69) is 31.1 Å². The van der Waals surface area contributed by atoms with Crippen LogP contribution in [0.2, 0.25) is 0 Å². The molecule has 0 amide bonds. The highest BCUT2D eigenvalue weighted by atomic mass is 32.1. The van der Waals surface area contributed by atoms with Gasteiger partial charge in [0.15, 0.2) is 0 Å². The second-order valence-corrected chi connectivity index (χ2v) is 7.00. The summed E-state index contributed by atoms with van der Waals surface area (Å²) in [6.07, 6.45) is 7.04. The van der Waals surface area contributed by atoms with Gasteiger partial charge in [0.1, 0.15) is 0 Å². The van der Waals surface area contributed by atoms with Crippen LogP contribution in [0.4, 0.5) is 0 Å². The fraction of sp³-hybridized carbons (Fsp3) is 0.786. The first-order valence-corrected chi connectivity index (χ1v) is 7.54. The third kappa shape index (κ3) is 3.52. The second kappa shape index (κ2) is 5.49. The first-order valence-electron chi connectivity index (χ1n) is 6.73. The zero-order chi connectivity index (χ0) is 12.3. The summed E-state index contributed by atoms with van der Waals surface area (Å²) in [4.78, 5) is 5.88. The monoisotopic (exact) mass is 252 g/mol. The molecule has 1 heterocycles. The Morgan fingerprint density at radius 3 is 2.53 bits per heavy atom. The fourth-order valence-corrected chi connectivity index (χ4v) is 3.70. The predicted octanol–water partition coefficient (Wildman–Crippen LogP) is 3.82. The van der Waals surface area contributed by atoms with Gasteiger partial charge in [0.25, 0.3) is 0 Å². The largest absolute Gasteiger partial charge is 0.311 e. The van der Waals surface area contributed by atoms with Crippen LogP contribution in [-0.4, -0.2) is 11.5 Å². The summed E-state index contributed by atoms with van der Waals surface area (Å²) in [6, 6.07) is 0. The van der Waals surface area contributed by atoms with E-state index in [1.807, 2.05) is 11.3 Å². The summed E-state index contributed by atoms with van der Waals surface area (Å²) in [5, 5.41) is 4.82. The van der Waals surface area contributed by atoms with Crippen LogP contribution in [0.3, 0.4) is 0 Å². The molecule has 1 aliphatic rings. The quantitative estimate of drug-likeness (QED) is 0.881. The van der Waals surface area contributed by atoms with Crippen LogP contribution in [0.25, 0.3) is 0 Å². The molecule has 1 saturated carbocycles. The third-order valence-corrected chi connectivity index (χ3v) is 4.97. The molecule has 1 aromatic heterocycles. The van der Waals surface area contributed by atoms with Crippen molar-refractivity contribution in [2.45, 2.75) is 59.4 Å². The Morgan fingerprint density at radius 1 is 1.24 bits per heavy atom. The van der Waals surface area contributed by atoms with Gasteiger partial charge in [-0.25, -0.2) is 4.98 Å². The zero-order valence-corrected chi connectivity index (χ0v) is 12.1. The third-order valence-electron chi connectivity index (χ3n) is 3.90. The van der Waals surface area contributed by atoms with Gasteiger partial charge in [-0.3, -0.25) is 0 Å². The van der Waals surface area contributed by atoms with E-state index >= 15 is 0 Å². The van der Waals surface area contributed by atoms with Gasteiger partial charge in [0.05, 0.1) is 10.7 Å². The molecule has 2 rings (SSSR count). The molecule has 3 heteroatoms. The van der Waals surface area contributed by atoms with Crippen LogP contribution in [0.5, 0.6) is 0 Å². The van der Waals surface area contributed by atoms with Crippen molar-refractivity contribution in [3.8, 4) is 0 Å². The van der Waals surface area contributed by atoms with Crippen molar-refractivity contribution in [1.82, 2.24) is 10.3 Å². The number of nitrogens with one attached hydrogen (secondary N) is 1. The topological polar surface area (TPSA) is 24.9 Å². The lowest BCUT2D eigenvalue weighted by atomic mass is 9.76. The minimum absolute atomic E-state index is 0.534. The number of hydrogen-bond donors (Lipinski definition) is 1. The van der Waals surface area contributed by atoms with Gasteiger partial charge in [0.2, 0.25) is 0 Å². The minimum atomic E-state index is 0.534. The van der Waals surface area contributed by atoms with E-state index in [0.717, 1.165) is 13.1 Å². The average Bonchev–Trinajstić information content (AvgIpc) is 2.58. The van der Waals surface area contributed by atoms with Gasteiger partial charge in [0, 0.05) is 18.0 Å². The van der Waals surface area contributed by atoms with Crippen LogP contribution < -0.4 is 5.32 Å². The molecule has 0 spiro atoms. The van der Waals surface area contributed by atoms with Crippen molar-refractivity contribution in [3.63, 3.8) is 0 Å². The van der Waals surface area contributed by atoms with Crippen LogP contribution in [0.1, 0.15) is 54.6 Å². The SMILES string of the molecule is Cc1nc(C)c(CNCC2(C)CCCCC2)s1. The van der Waals surface area contributed by atoms with Gasteiger partial charge < -0.3 is 5.32 Å². The smallest absolute Gasteiger partial charge is 0.0900 e. The molecule has 0 aliphatic heterocycles. The Hall–Kier alpha value is -0.410. The van der Waals surface area contributed by atoms with E-state index in [-0.39, 0.29) is 0 Å². The molecule has 96 valence electrons. The van der Waals surface area contributed by atoms with Crippen LogP contribution in [0.15, 0.2) is 0 Å². The van der Waals surface area contributed by atoms with Crippen LogP contribution in [-0.2, 0) is 6.54 Å². The summed E-state index contributed by atoms with van der Waals surface area (Å²) < 4.78 is 0. The molecule has 0 unspecified atom stereocenters. The molecule has 0 radical (unpaired) electrons. The highest BCUT2D eigenvalue weighted by Gasteiger charge is 2.26. The summed E-state index contributed by atoms with van der Waals surface area (Å²) >= 11 is 1.83. The molecule has 0 bridgehead atoms. The second-order valence-electron chi connectivity index (χ2n) is 5.72. The van der Waals surface area contributed by atoms with Gasteiger partial charge >= 0.3 is 0 Å². The van der Waals surface area contributed by atoms with Crippen LogP contribution in [0, 0.1) is 19.3 Å². The van der Waals surface area contributed by atoms with E-state index in [4.69, 9.17) is 0 Å². The molecular formula is C14H24N2S. The first-order chi connectivity index (χ1) is 8.09. The number of hydrogen-bond acceptors (Lipinski definition) is 3. The lowest BCUT2D eigenvalue weighted by Crippen LogP contribution is -2.33. The number of aryl methyl sites for hydroxylation is 2. The van der Waals surface area contributed by atoms with E-state index in [1.54, 1.807) is 0 Å². The Morgan fingerprint density at radius 2 is 1.94 bits per heavy atom. The predicted molar refractivity (Wildman–Crippen MR) is 74.5 cm³/mol. The minimum Gasteiger partial charge on any atom is -0.311 e. The molecule has 0 atom stereocenters. The maximum Gasteiger partial charge on any atom is 0.0900 e. The highest BCUT2D eigenvalue weighted by molar-refractivity contribution is 7.11. The number of aromatic nitrogens is 1. The summed E-state index contributed by atoms with van der Waals surface area (Å²) in [5.41, 5.74) is 1.74. The zero-order valence-electron chi connectivity index (χ0n) is 11.3. The first kappa shape index (κ1) is 13.0. The van der Waals surface area contributed by atoms with Crippen LogP contribution >= 0.6 is 11.3 Å². The molecule has 2 nitrogen and oxygen atoms in total. The molecular weight excluding hydrogens is 228 g/mol. The maximum absolute atomic E-state index is 4.47. The molecule has 1 aromatic rings. The maximum atomic E-state index is 4.47. The molecule has 1 aliphatic carbocycles. The molecule has 17 heavy (non-hydrogen) atoms. The van der Waals surface area contributed by atoms with Crippen molar-refractivity contribution < 1.29 is 0 Å². The summed E-state index contributed by atoms with van der Waals surface area (Å²) in [7, 11) is 0. The summed E-state index contributed by atoms with van der Waals surface area (Å²) in [6.45, 7) is 8.78. The Labute approximate surface area is 109 Å². The fourth-order valence-electron chi connectivity index (χ4n) is 2.80. The molecule has 1 fully saturated rings.